The highest BCUT2D eigenvalue weighted by atomic mass is 35.5. The molecule has 2 saturated carbocycles. The van der Waals surface area contributed by atoms with Gasteiger partial charge in [-0.2, -0.15) is 0 Å². The van der Waals surface area contributed by atoms with E-state index in [1.807, 2.05) is 0 Å². The molecular formula is C15H27ClN2O. The van der Waals surface area contributed by atoms with Crippen molar-refractivity contribution in [3.05, 3.63) is 0 Å². The summed E-state index contributed by atoms with van der Waals surface area (Å²) < 4.78 is 0. The highest BCUT2D eigenvalue weighted by Crippen LogP contribution is 2.29. The van der Waals surface area contributed by atoms with Crippen LogP contribution in [0.4, 0.5) is 0 Å². The average Bonchev–Trinajstić information content (AvgIpc) is 3.08. The van der Waals surface area contributed by atoms with Gasteiger partial charge in [0.05, 0.1) is 0 Å². The van der Waals surface area contributed by atoms with Crippen LogP contribution < -0.4 is 5.32 Å². The second-order valence-corrected chi connectivity index (χ2v) is 6.43. The number of halogens is 1. The van der Waals surface area contributed by atoms with Crippen molar-refractivity contribution in [3.63, 3.8) is 0 Å². The van der Waals surface area contributed by atoms with Gasteiger partial charge in [-0.25, -0.2) is 0 Å². The molecule has 1 aliphatic heterocycles. The Morgan fingerprint density at radius 2 is 1.63 bits per heavy atom. The zero-order valence-electron chi connectivity index (χ0n) is 11.8. The minimum atomic E-state index is 0. The summed E-state index contributed by atoms with van der Waals surface area (Å²) in [6, 6.07) is 0.665. The molecule has 0 aromatic carbocycles. The average molecular weight is 287 g/mol. The highest BCUT2D eigenvalue weighted by molar-refractivity contribution is 5.85. The van der Waals surface area contributed by atoms with Crippen molar-refractivity contribution in [2.45, 2.75) is 57.4 Å². The first-order valence-electron chi connectivity index (χ1n) is 7.85. The van der Waals surface area contributed by atoms with Gasteiger partial charge < -0.3 is 10.2 Å². The molecule has 0 radical (unpaired) electrons. The fraction of sp³-hybridized carbons (Fsp3) is 0.933. The molecule has 110 valence electrons. The van der Waals surface area contributed by atoms with Crippen molar-refractivity contribution in [2.75, 3.05) is 19.6 Å². The number of hydrogen-bond acceptors (Lipinski definition) is 2. The molecule has 0 aromatic rings. The maximum atomic E-state index is 12.3. The Morgan fingerprint density at radius 1 is 1.00 bits per heavy atom. The number of hydrogen-bond donors (Lipinski definition) is 1. The maximum absolute atomic E-state index is 12.3. The molecule has 1 saturated heterocycles. The molecule has 2 aliphatic carbocycles. The molecule has 0 atom stereocenters. The molecule has 0 aromatic heterocycles. The number of amides is 1. The van der Waals surface area contributed by atoms with Crippen molar-refractivity contribution in [3.8, 4) is 0 Å². The van der Waals surface area contributed by atoms with Crippen molar-refractivity contribution in [2.24, 2.45) is 11.8 Å². The lowest BCUT2D eigenvalue weighted by atomic mass is 10.0. The van der Waals surface area contributed by atoms with Crippen LogP contribution in [0.5, 0.6) is 0 Å². The largest absolute Gasteiger partial charge is 0.342 e. The Labute approximate surface area is 122 Å². The van der Waals surface area contributed by atoms with Crippen molar-refractivity contribution in [1.29, 1.82) is 0 Å². The molecule has 0 spiro atoms. The number of nitrogens with zero attached hydrogens (tertiary/aromatic N) is 1. The smallest absolute Gasteiger partial charge is 0.225 e. The predicted molar refractivity (Wildman–Crippen MR) is 79.5 cm³/mol. The summed E-state index contributed by atoms with van der Waals surface area (Å²) >= 11 is 0. The van der Waals surface area contributed by atoms with E-state index in [2.05, 4.69) is 10.2 Å². The lowest BCUT2D eigenvalue weighted by Crippen LogP contribution is -2.46. The normalized spacial score (nSPS) is 25.4. The van der Waals surface area contributed by atoms with Gasteiger partial charge >= 0.3 is 0 Å². The van der Waals surface area contributed by atoms with Gasteiger partial charge in [0.15, 0.2) is 0 Å². The van der Waals surface area contributed by atoms with E-state index in [0.717, 1.165) is 44.7 Å². The summed E-state index contributed by atoms with van der Waals surface area (Å²) in [5.41, 5.74) is 0. The van der Waals surface area contributed by atoms with Crippen LogP contribution in [0.1, 0.15) is 51.4 Å². The number of nitrogens with one attached hydrogen (secondary N) is 1. The Bertz CT molecular complexity index is 293. The van der Waals surface area contributed by atoms with E-state index >= 15 is 0 Å². The fourth-order valence-electron chi connectivity index (χ4n) is 3.39. The van der Waals surface area contributed by atoms with Gasteiger partial charge in [-0.15, -0.1) is 12.4 Å². The Morgan fingerprint density at radius 3 is 2.21 bits per heavy atom. The number of likely N-dealkylation sites (tertiary alicyclic amines) is 1. The van der Waals surface area contributed by atoms with E-state index in [1.165, 1.54) is 32.2 Å². The first-order valence-corrected chi connectivity index (χ1v) is 7.85. The SMILES string of the molecule is Cl.O=C(C1CCCC1)N1CCC(NCC2CC2)CC1. The van der Waals surface area contributed by atoms with Crippen LogP contribution in [0.2, 0.25) is 0 Å². The molecule has 1 amide bonds. The lowest BCUT2D eigenvalue weighted by molar-refractivity contribution is -0.136. The summed E-state index contributed by atoms with van der Waals surface area (Å²) in [4.78, 5) is 14.4. The Balaban J connectivity index is 0.00000133. The number of carbonyl (C=O) groups excluding carboxylic acids is 1. The molecule has 3 nitrogen and oxygen atoms in total. The van der Waals surface area contributed by atoms with Crippen molar-refractivity contribution >= 4 is 18.3 Å². The third-order valence-electron chi connectivity index (χ3n) is 4.90. The number of piperidine rings is 1. The maximum Gasteiger partial charge on any atom is 0.225 e. The summed E-state index contributed by atoms with van der Waals surface area (Å²) in [6.45, 7) is 3.18. The quantitative estimate of drug-likeness (QED) is 0.861. The molecule has 0 bridgehead atoms. The van der Waals surface area contributed by atoms with E-state index in [1.54, 1.807) is 0 Å². The second-order valence-electron chi connectivity index (χ2n) is 6.43. The first-order chi connectivity index (χ1) is 8.83. The zero-order chi connectivity index (χ0) is 12.4. The van der Waals surface area contributed by atoms with Crippen LogP contribution in [0.3, 0.4) is 0 Å². The topological polar surface area (TPSA) is 32.3 Å². The summed E-state index contributed by atoms with van der Waals surface area (Å²) in [5.74, 6) is 1.78. The third-order valence-corrected chi connectivity index (χ3v) is 4.90. The summed E-state index contributed by atoms with van der Waals surface area (Å²) in [6.07, 6.45) is 9.96. The van der Waals surface area contributed by atoms with Gasteiger partial charge in [0.1, 0.15) is 0 Å². The van der Waals surface area contributed by atoms with E-state index < -0.39 is 0 Å². The van der Waals surface area contributed by atoms with Crippen LogP contribution in [-0.4, -0.2) is 36.5 Å². The minimum absolute atomic E-state index is 0. The van der Waals surface area contributed by atoms with Crippen LogP contribution >= 0.6 is 12.4 Å². The highest BCUT2D eigenvalue weighted by Gasteiger charge is 2.30. The van der Waals surface area contributed by atoms with Gasteiger partial charge in [0.25, 0.3) is 0 Å². The fourth-order valence-corrected chi connectivity index (χ4v) is 3.39. The van der Waals surface area contributed by atoms with Gasteiger partial charge in [-0.3, -0.25) is 4.79 Å². The monoisotopic (exact) mass is 286 g/mol. The van der Waals surface area contributed by atoms with E-state index in [4.69, 9.17) is 0 Å². The molecule has 3 fully saturated rings. The van der Waals surface area contributed by atoms with Crippen molar-refractivity contribution in [1.82, 2.24) is 10.2 Å². The lowest BCUT2D eigenvalue weighted by Gasteiger charge is -2.34. The van der Waals surface area contributed by atoms with E-state index in [9.17, 15) is 4.79 Å². The number of rotatable bonds is 4. The van der Waals surface area contributed by atoms with Crippen LogP contribution in [-0.2, 0) is 4.79 Å². The predicted octanol–water partition coefficient (Wildman–Crippen LogP) is 2.59. The van der Waals surface area contributed by atoms with Gasteiger partial charge in [0, 0.05) is 25.0 Å². The third kappa shape index (κ3) is 4.09. The van der Waals surface area contributed by atoms with Gasteiger partial charge in [-0.05, 0) is 51.0 Å². The van der Waals surface area contributed by atoms with Crippen LogP contribution in [0.25, 0.3) is 0 Å². The molecular weight excluding hydrogens is 260 g/mol. The molecule has 3 rings (SSSR count). The molecule has 19 heavy (non-hydrogen) atoms. The Kier molecular flexibility index (Phi) is 5.52. The van der Waals surface area contributed by atoms with Gasteiger partial charge in [-0.1, -0.05) is 12.8 Å². The van der Waals surface area contributed by atoms with Gasteiger partial charge in [0.2, 0.25) is 5.91 Å². The van der Waals surface area contributed by atoms with E-state index in [0.29, 0.717) is 17.9 Å². The molecule has 3 aliphatic rings. The second kappa shape index (κ2) is 6.94. The van der Waals surface area contributed by atoms with Crippen molar-refractivity contribution < 1.29 is 4.79 Å². The molecule has 0 unspecified atom stereocenters. The first kappa shape index (κ1) is 15.1. The summed E-state index contributed by atoms with van der Waals surface area (Å²) in [5, 5.41) is 3.67. The van der Waals surface area contributed by atoms with Crippen LogP contribution in [0.15, 0.2) is 0 Å². The molecule has 1 N–H and O–H groups in total. The number of carbonyl (C=O) groups is 1. The molecule has 4 heteroatoms. The zero-order valence-corrected chi connectivity index (χ0v) is 12.6. The molecule has 1 heterocycles. The minimum Gasteiger partial charge on any atom is -0.342 e. The summed E-state index contributed by atoms with van der Waals surface area (Å²) in [7, 11) is 0. The standard InChI is InChI=1S/C15H26N2O.ClH/c18-15(13-3-1-2-4-13)17-9-7-14(8-10-17)16-11-12-5-6-12;/h12-14,16H,1-11H2;1H. The Hall–Kier alpha value is -0.280. The van der Waals surface area contributed by atoms with Crippen LogP contribution in [0, 0.1) is 11.8 Å². The van der Waals surface area contributed by atoms with E-state index in [-0.39, 0.29) is 12.4 Å².